The number of carbonyl (C=O) groups excluding carboxylic acids is 1. The van der Waals surface area contributed by atoms with Gasteiger partial charge in [0.05, 0.1) is 18.2 Å². The van der Waals surface area contributed by atoms with Crippen molar-refractivity contribution >= 4 is 16.9 Å². The van der Waals surface area contributed by atoms with E-state index >= 15 is 0 Å². The quantitative estimate of drug-likeness (QED) is 0.0736. The Kier molecular flexibility index (Phi) is 13.9. The number of hydrogen-bond acceptors (Lipinski definition) is 8. The average Bonchev–Trinajstić information content (AvgIpc) is 3.14. The fourth-order valence-electron chi connectivity index (χ4n) is 7.91. The molecule has 1 aromatic heterocycles. The van der Waals surface area contributed by atoms with E-state index in [2.05, 4.69) is 22.1 Å². The lowest BCUT2D eigenvalue weighted by molar-refractivity contribution is -0.179. The number of phenols is 1. The number of piperidine rings is 1. The van der Waals surface area contributed by atoms with E-state index in [1.807, 2.05) is 30.3 Å². The molecule has 1 aliphatic carbocycles. The summed E-state index contributed by atoms with van der Waals surface area (Å²) in [5.74, 6) is -0.579. The van der Waals surface area contributed by atoms with Crippen LogP contribution in [0.1, 0.15) is 114 Å². The van der Waals surface area contributed by atoms with Crippen LogP contribution in [0, 0.1) is 11.3 Å². The summed E-state index contributed by atoms with van der Waals surface area (Å²) in [7, 11) is 0. The van der Waals surface area contributed by atoms with Crippen molar-refractivity contribution in [3.63, 3.8) is 0 Å². The molecule has 1 aliphatic heterocycles. The van der Waals surface area contributed by atoms with Crippen LogP contribution in [0.3, 0.4) is 0 Å². The topological polar surface area (TPSA) is 135 Å². The van der Waals surface area contributed by atoms with E-state index in [9.17, 15) is 24.9 Å². The molecule has 2 heterocycles. The van der Waals surface area contributed by atoms with Gasteiger partial charge in [0.25, 0.3) is 0 Å². The Morgan fingerprint density at radius 3 is 2.36 bits per heavy atom. The number of nitrogens with one attached hydrogen (secondary N) is 2. The number of phenolic OH excluding ortho intramolecular Hbond substituents is 1. The number of aliphatic hydroxyl groups is 2. The number of aromatic nitrogens is 1. The second-order valence-corrected chi connectivity index (χ2v) is 15.2. The van der Waals surface area contributed by atoms with Crippen LogP contribution in [0.5, 0.6) is 5.75 Å². The fraction of sp³-hybridized carbons (Fsp3) is 0.610. The summed E-state index contributed by atoms with van der Waals surface area (Å²) in [6.45, 7) is 6.98. The monoisotopic (exact) mass is 689 g/mol. The maximum atomic E-state index is 13.5. The lowest BCUT2D eigenvalue weighted by Crippen LogP contribution is -2.47. The molecule has 3 aromatic rings. The smallest absolute Gasteiger partial charge is 0.343 e. The molecule has 2 aliphatic rings. The van der Waals surface area contributed by atoms with E-state index in [0.29, 0.717) is 35.2 Å². The summed E-state index contributed by atoms with van der Waals surface area (Å²) in [4.78, 5) is 30.4. The molecule has 0 amide bonds. The van der Waals surface area contributed by atoms with Gasteiger partial charge in [-0.15, -0.1) is 0 Å². The molecule has 0 radical (unpaired) electrons. The number of esters is 1. The number of benzene rings is 2. The highest BCUT2D eigenvalue weighted by atomic mass is 16.6. The zero-order valence-electron chi connectivity index (χ0n) is 30.0. The first-order valence-corrected chi connectivity index (χ1v) is 19.1. The van der Waals surface area contributed by atoms with Gasteiger partial charge < -0.3 is 35.3 Å². The van der Waals surface area contributed by atoms with Crippen molar-refractivity contribution in [2.75, 3.05) is 39.3 Å². The molecule has 50 heavy (non-hydrogen) atoms. The van der Waals surface area contributed by atoms with Crippen molar-refractivity contribution in [2.24, 2.45) is 11.3 Å². The summed E-state index contributed by atoms with van der Waals surface area (Å²) >= 11 is 0. The van der Waals surface area contributed by atoms with Gasteiger partial charge in [-0.2, -0.15) is 0 Å². The SMILES string of the molecule is CC1(COC(=O)C(O)(c2ccccc2)C2CCCCC2)CCN(CCCCCCCCCNCC(O)c2ccc(O)c3[nH]c(=O)ccc23)CC1. The number of nitrogens with zero attached hydrogens (tertiary/aromatic N) is 1. The molecule has 0 bridgehead atoms. The lowest BCUT2D eigenvalue weighted by atomic mass is 9.73. The number of aliphatic hydroxyl groups excluding tert-OH is 1. The molecule has 2 unspecified atom stereocenters. The van der Waals surface area contributed by atoms with E-state index in [1.165, 1.54) is 44.2 Å². The molecule has 9 nitrogen and oxygen atoms in total. The van der Waals surface area contributed by atoms with Gasteiger partial charge in [0.15, 0.2) is 5.60 Å². The number of rotatable bonds is 18. The summed E-state index contributed by atoms with van der Waals surface area (Å²) < 4.78 is 5.97. The highest BCUT2D eigenvalue weighted by Crippen LogP contribution is 2.41. The first-order chi connectivity index (χ1) is 24.2. The van der Waals surface area contributed by atoms with Crippen LogP contribution in [-0.4, -0.2) is 70.5 Å². The van der Waals surface area contributed by atoms with E-state index in [4.69, 9.17) is 4.74 Å². The van der Waals surface area contributed by atoms with Gasteiger partial charge in [0.2, 0.25) is 5.56 Å². The number of aromatic hydroxyl groups is 1. The van der Waals surface area contributed by atoms with Crippen molar-refractivity contribution in [1.82, 2.24) is 15.2 Å². The molecule has 2 aromatic carbocycles. The van der Waals surface area contributed by atoms with Gasteiger partial charge in [-0.3, -0.25) is 4.79 Å². The number of fused-ring (bicyclic) bond motifs is 1. The maximum absolute atomic E-state index is 13.5. The van der Waals surface area contributed by atoms with Crippen LogP contribution >= 0.6 is 0 Å². The Bertz CT molecular complexity index is 1550. The van der Waals surface area contributed by atoms with E-state index in [1.54, 1.807) is 12.1 Å². The molecular weight excluding hydrogens is 630 g/mol. The highest BCUT2D eigenvalue weighted by Gasteiger charge is 2.47. The number of H-pyrrole nitrogens is 1. The molecule has 2 fully saturated rings. The predicted molar refractivity (Wildman–Crippen MR) is 198 cm³/mol. The number of likely N-dealkylation sites (tertiary alicyclic amines) is 1. The van der Waals surface area contributed by atoms with E-state index in [0.717, 1.165) is 84.0 Å². The Labute approximate surface area is 297 Å². The normalized spacial score (nSPS) is 18.9. The maximum Gasteiger partial charge on any atom is 0.343 e. The Morgan fingerprint density at radius 2 is 1.64 bits per heavy atom. The minimum atomic E-state index is -1.57. The lowest BCUT2D eigenvalue weighted by Gasteiger charge is -2.41. The van der Waals surface area contributed by atoms with Gasteiger partial charge in [-0.1, -0.05) is 94.7 Å². The van der Waals surface area contributed by atoms with Crippen molar-refractivity contribution in [3.05, 3.63) is 76.1 Å². The molecule has 9 heteroatoms. The van der Waals surface area contributed by atoms with Crippen molar-refractivity contribution < 1.29 is 24.9 Å². The van der Waals surface area contributed by atoms with Crippen LogP contribution in [0.25, 0.3) is 10.9 Å². The summed E-state index contributed by atoms with van der Waals surface area (Å²) in [6.07, 6.45) is 14.6. The molecule has 1 saturated carbocycles. The molecule has 5 rings (SSSR count). The number of unbranched alkanes of at least 4 members (excludes halogenated alkanes) is 6. The van der Waals surface area contributed by atoms with Gasteiger partial charge in [0.1, 0.15) is 5.75 Å². The molecular formula is C41H59N3O6. The van der Waals surface area contributed by atoms with Gasteiger partial charge in [0, 0.05) is 29.3 Å². The summed E-state index contributed by atoms with van der Waals surface area (Å²) in [6, 6.07) is 15.7. The third-order valence-corrected chi connectivity index (χ3v) is 11.3. The fourth-order valence-corrected chi connectivity index (χ4v) is 7.91. The summed E-state index contributed by atoms with van der Waals surface area (Å²) in [5, 5.41) is 36.6. The van der Waals surface area contributed by atoms with Gasteiger partial charge in [-0.05, 0) is 88.0 Å². The molecule has 2 atom stereocenters. The van der Waals surface area contributed by atoms with Crippen molar-refractivity contribution in [3.8, 4) is 5.75 Å². The molecule has 274 valence electrons. The van der Waals surface area contributed by atoms with Gasteiger partial charge in [-0.25, -0.2) is 4.79 Å². The Hall–Kier alpha value is -3.24. The second-order valence-electron chi connectivity index (χ2n) is 15.2. The Morgan fingerprint density at radius 1 is 0.960 bits per heavy atom. The number of aromatic amines is 1. The number of pyridine rings is 1. The largest absolute Gasteiger partial charge is 0.506 e. The van der Waals surface area contributed by atoms with Crippen molar-refractivity contribution in [2.45, 2.75) is 109 Å². The molecule has 5 N–H and O–H groups in total. The summed E-state index contributed by atoms with van der Waals surface area (Å²) in [5.41, 5.74) is -0.232. The van der Waals surface area contributed by atoms with E-state index < -0.39 is 17.7 Å². The zero-order valence-corrected chi connectivity index (χ0v) is 30.0. The van der Waals surface area contributed by atoms with Crippen LogP contribution in [0.4, 0.5) is 0 Å². The number of ether oxygens (including phenoxy) is 1. The minimum absolute atomic E-state index is 0.00288. The van der Waals surface area contributed by atoms with Gasteiger partial charge >= 0.3 is 5.97 Å². The third-order valence-electron chi connectivity index (χ3n) is 11.3. The average molecular weight is 690 g/mol. The predicted octanol–water partition coefficient (Wildman–Crippen LogP) is 6.70. The number of carbonyl (C=O) groups is 1. The van der Waals surface area contributed by atoms with Crippen LogP contribution in [0.2, 0.25) is 0 Å². The van der Waals surface area contributed by atoms with Crippen molar-refractivity contribution in [1.29, 1.82) is 0 Å². The molecule has 0 spiro atoms. The molecule has 1 saturated heterocycles. The van der Waals surface area contributed by atoms with Crippen LogP contribution < -0.4 is 10.9 Å². The third kappa shape index (κ3) is 9.96. The first-order valence-electron chi connectivity index (χ1n) is 19.1. The number of hydrogen-bond donors (Lipinski definition) is 5. The second kappa shape index (κ2) is 18.3. The highest BCUT2D eigenvalue weighted by molar-refractivity contribution is 5.87. The zero-order chi connectivity index (χ0) is 35.4. The first kappa shape index (κ1) is 38.0. The minimum Gasteiger partial charge on any atom is -0.506 e. The Balaban J connectivity index is 0.909. The van der Waals surface area contributed by atoms with Crippen LogP contribution in [-0.2, 0) is 15.1 Å². The standard InChI is InChI=1S/C41H59N3O6/c1-40(30-50-39(48)41(49,31-15-9-7-10-16-31)32-17-11-8-12-18-32)23-27-44(28-24-40)26-14-6-4-2-3-5-13-25-42-29-36(46)33-19-21-35(45)38-34(33)20-22-37(47)43-38/h7,9-10,15-16,19-22,32,36,42,45-46,49H,2-6,8,11-14,17-18,23-30H2,1H3,(H,43,47). The van der Waals surface area contributed by atoms with E-state index in [-0.39, 0.29) is 22.6 Å². The van der Waals surface area contributed by atoms with Crippen LogP contribution in [0.15, 0.2) is 59.4 Å².